The van der Waals surface area contributed by atoms with Gasteiger partial charge in [0.1, 0.15) is 0 Å². The zero-order valence-electron chi connectivity index (χ0n) is 10.8. The normalized spacial score (nSPS) is 16.1. The molecular formula is C10H22ClNO4S. The highest BCUT2D eigenvalue weighted by Crippen LogP contribution is 2.14. The van der Waals surface area contributed by atoms with Gasteiger partial charge < -0.3 is 9.47 Å². The summed E-state index contributed by atoms with van der Waals surface area (Å²) in [7, 11) is -0.321. The van der Waals surface area contributed by atoms with E-state index in [9.17, 15) is 8.42 Å². The molecule has 0 amide bonds. The molecule has 0 aliphatic rings. The quantitative estimate of drug-likeness (QED) is 0.592. The first kappa shape index (κ1) is 17.1. The van der Waals surface area contributed by atoms with Gasteiger partial charge in [0.2, 0.25) is 10.0 Å². The Morgan fingerprint density at radius 2 is 1.82 bits per heavy atom. The first-order valence-corrected chi connectivity index (χ1v) is 7.50. The van der Waals surface area contributed by atoms with E-state index >= 15 is 0 Å². The number of sulfonamides is 1. The molecule has 0 radical (unpaired) electrons. The lowest BCUT2D eigenvalue weighted by Gasteiger charge is -2.29. The molecular weight excluding hydrogens is 266 g/mol. The average Bonchev–Trinajstić information content (AvgIpc) is 2.28. The minimum atomic E-state index is -3.40. The van der Waals surface area contributed by atoms with Crippen LogP contribution in [0.3, 0.4) is 0 Å². The van der Waals surface area contributed by atoms with Crippen molar-refractivity contribution in [1.29, 1.82) is 0 Å². The van der Waals surface area contributed by atoms with Crippen LogP contribution >= 0.6 is 11.6 Å². The molecule has 0 aliphatic carbocycles. The van der Waals surface area contributed by atoms with Gasteiger partial charge in [0.15, 0.2) is 0 Å². The summed E-state index contributed by atoms with van der Waals surface area (Å²) in [6.07, 6.45) is 0. The van der Waals surface area contributed by atoms with E-state index in [-0.39, 0.29) is 11.9 Å². The largest absolute Gasteiger partial charge is 0.383 e. The van der Waals surface area contributed by atoms with E-state index < -0.39 is 15.3 Å². The zero-order valence-corrected chi connectivity index (χ0v) is 12.4. The molecule has 0 aliphatic heterocycles. The Hall–Kier alpha value is 0.120. The Morgan fingerprint density at radius 1 is 1.24 bits per heavy atom. The van der Waals surface area contributed by atoms with E-state index in [2.05, 4.69) is 0 Å². The van der Waals surface area contributed by atoms with E-state index in [0.717, 1.165) is 0 Å². The average molecular weight is 288 g/mol. The van der Waals surface area contributed by atoms with Crippen LogP contribution in [0.5, 0.6) is 0 Å². The molecule has 5 nitrogen and oxygen atoms in total. The molecule has 0 aromatic carbocycles. The van der Waals surface area contributed by atoms with Crippen molar-refractivity contribution >= 4 is 21.6 Å². The number of ether oxygens (including phenoxy) is 2. The Labute approximate surface area is 109 Å². The van der Waals surface area contributed by atoms with Crippen molar-refractivity contribution in [2.75, 3.05) is 39.9 Å². The van der Waals surface area contributed by atoms with Crippen LogP contribution in [-0.4, -0.2) is 63.9 Å². The summed E-state index contributed by atoms with van der Waals surface area (Å²) < 4.78 is 35.7. The van der Waals surface area contributed by atoms with Crippen LogP contribution in [0, 0.1) is 0 Å². The third kappa shape index (κ3) is 5.09. The van der Waals surface area contributed by atoms with Gasteiger partial charge in [0, 0.05) is 32.7 Å². The van der Waals surface area contributed by atoms with Crippen LogP contribution in [0.4, 0.5) is 0 Å². The highest BCUT2D eigenvalue weighted by atomic mass is 35.5. The number of methoxy groups -OCH3 is 2. The maximum absolute atomic E-state index is 12.2. The highest BCUT2D eigenvalue weighted by molar-refractivity contribution is 7.89. The standard InChI is InChI=1S/C10H22ClNO4S/c1-9(8-16-4)12(5-6-15-3)17(13,14)10(2)7-11/h9-10H,5-8H2,1-4H3. The van der Waals surface area contributed by atoms with E-state index in [1.807, 2.05) is 0 Å². The van der Waals surface area contributed by atoms with E-state index in [4.69, 9.17) is 21.1 Å². The predicted molar refractivity (Wildman–Crippen MR) is 69.0 cm³/mol. The maximum Gasteiger partial charge on any atom is 0.218 e. The number of hydrogen-bond donors (Lipinski definition) is 0. The summed E-state index contributed by atoms with van der Waals surface area (Å²) in [5.74, 6) is 0.0749. The van der Waals surface area contributed by atoms with Gasteiger partial charge in [0.25, 0.3) is 0 Å². The van der Waals surface area contributed by atoms with Gasteiger partial charge in [0.05, 0.1) is 18.5 Å². The summed E-state index contributed by atoms with van der Waals surface area (Å²) in [6, 6.07) is -0.231. The summed E-state index contributed by atoms with van der Waals surface area (Å²) in [4.78, 5) is 0. The highest BCUT2D eigenvalue weighted by Gasteiger charge is 2.31. The fourth-order valence-electron chi connectivity index (χ4n) is 1.41. The van der Waals surface area contributed by atoms with Gasteiger partial charge in [-0.3, -0.25) is 0 Å². The lowest BCUT2D eigenvalue weighted by Crippen LogP contribution is -2.47. The van der Waals surface area contributed by atoms with Crippen LogP contribution in [0.15, 0.2) is 0 Å². The van der Waals surface area contributed by atoms with Crippen LogP contribution in [0.2, 0.25) is 0 Å². The molecule has 0 rings (SSSR count). The Kier molecular flexibility index (Phi) is 8.32. The zero-order chi connectivity index (χ0) is 13.5. The fraction of sp³-hybridized carbons (Fsp3) is 1.00. The molecule has 104 valence electrons. The monoisotopic (exact) mass is 287 g/mol. The van der Waals surface area contributed by atoms with Gasteiger partial charge in [-0.25, -0.2) is 8.42 Å². The molecule has 0 aromatic rings. The molecule has 2 atom stereocenters. The van der Waals surface area contributed by atoms with Gasteiger partial charge in [-0.2, -0.15) is 4.31 Å². The van der Waals surface area contributed by atoms with E-state index in [0.29, 0.717) is 19.8 Å². The molecule has 0 N–H and O–H groups in total. The van der Waals surface area contributed by atoms with Crippen molar-refractivity contribution in [3.05, 3.63) is 0 Å². The lowest BCUT2D eigenvalue weighted by molar-refractivity contribution is 0.118. The fourth-order valence-corrected chi connectivity index (χ4v) is 3.41. The molecule has 0 aromatic heterocycles. The molecule has 0 fully saturated rings. The van der Waals surface area contributed by atoms with Crippen molar-refractivity contribution in [2.24, 2.45) is 0 Å². The lowest BCUT2D eigenvalue weighted by atomic mass is 10.3. The van der Waals surface area contributed by atoms with Gasteiger partial charge in [-0.1, -0.05) is 0 Å². The van der Waals surface area contributed by atoms with Crippen LogP contribution < -0.4 is 0 Å². The minimum Gasteiger partial charge on any atom is -0.383 e. The number of halogens is 1. The van der Waals surface area contributed by atoms with Crippen molar-refractivity contribution in [3.8, 4) is 0 Å². The second-order valence-electron chi connectivity index (χ2n) is 3.92. The van der Waals surface area contributed by atoms with Crippen molar-refractivity contribution in [2.45, 2.75) is 25.1 Å². The smallest absolute Gasteiger partial charge is 0.218 e. The molecule has 0 saturated heterocycles. The second-order valence-corrected chi connectivity index (χ2v) is 6.53. The Bertz CT molecular complexity index is 297. The number of rotatable bonds is 9. The van der Waals surface area contributed by atoms with Crippen molar-refractivity contribution < 1.29 is 17.9 Å². The molecule has 17 heavy (non-hydrogen) atoms. The number of nitrogens with zero attached hydrogens (tertiary/aromatic N) is 1. The number of hydrogen-bond acceptors (Lipinski definition) is 4. The first-order chi connectivity index (χ1) is 7.91. The van der Waals surface area contributed by atoms with E-state index in [1.165, 1.54) is 11.4 Å². The van der Waals surface area contributed by atoms with E-state index in [1.54, 1.807) is 21.0 Å². The van der Waals surface area contributed by atoms with Gasteiger partial charge in [-0.15, -0.1) is 11.6 Å². The topological polar surface area (TPSA) is 55.8 Å². The Balaban J connectivity index is 4.89. The van der Waals surface area contributed by atoms with Crippen molar-refractivity contribution in [3.63, 3.8) is 0 Å². The second kappa shape index (κ2) is 8.26. The van der Waals surface area contributed by atoms with Crippen LogP contribution in [0.25, 0.3) is 0 Å². The number of alkyl halides is 1. The van der Waals surface area contributed by atoms with Crippen molar-refractivity contribution in [1.82, 2.24) is 4.31 Å². The van der Waals surface area contributed by atoms with Gasteiger partial charge in [-0.05, 0) is 13.8 Å². The summed E-state index contributed by atoms with van der Waals surface area (Å²) in [6.45, 7) is 4.41. The predicted octanol–water partition coefficient (Wildman–Crippen LogP) is 0.927. The third-order valence-electron chi connectivity index (χ3n) is 2.47. The minimum absolute atomic E-state index is 0.0749. The molecule has 0 saturated carbocycles. The first-order valence-electron chi connectivity index (χ1n) is 5.46. The third-order valence-corrected chi connectivity index (χ3v) is 5.49. The SMILES string of the molecule is COCCN(C(C)COC)S(=O)(=O)C(C)CCl. The Morgan fingerprint density at radius 3 is 2.24 bits per heavy atom. The molecule has 0 heterocycles. The van der Waals surface area contributed by atoms with Crippen LogP contribution in [0.1, 0.15) is 13.8 Å². The maximum atomic E-state index is 12.2. The van der Waals surface area contributed by atoms with Gasteiger partial charge >= 0.3 is 0 Å². The summed E-state index contributed by atoms with van der Waals surface area (Å²) in [5.41, 5.74) is 0. The summed E-state index contributed by atoms with van der Waals surface area (Å²) >= 11 is 5.63. The van der Waals surface area contributed by atoms with Crippen LogP contribution in [-0.2, 0) is 19.5 Å². The molecule has 2 unspecified atom stereocenters. The molecule has 7 heteroatoms. The molecule has 0 spiro atoms. The summed E-state index contributed by atoms with van der Waals surface area (Å²) in [5, 5.41) is -0.611. The molecule has 0 bridgehead atoms.